The van der Waals surface area contributed by atoms with Gasteiger partial charge in [-0.1, -0.05) is 19.1 Å². The van der Waals surface area contributed by atoms with Crippen molar-refractivity contribution in [3.63, 3.8) is 0 Å². The van der Waals surface area contributed by atoms with E-state index in [2.05, 4.69) is 0 Å². The Hall–Kier alpha value is -1.42. The number of aliphatic hydroxyl groups excluding tert-OH is 1. The Morgan fingerprint density at radius 3 is 2.72 bits per heavy atom. The van der Waals surface area contributed by atoms with Crippen LogP contribution in [-0.2, 0) is 11.2 Å². The van der Waals surface area contributed by atoms with Crippen LogP contribution >= 0.6 is 0 Å². The average molecular weight is 251 g/mol. The third-order valence-corrected chi connectivity index (χ3v) is 3.54. The number of rotatable bonds is 2. The van der Waals surface area contributed by atoms with Gasteiger partial charge < -0.3 is 10.0 Å². The molecule has 1 saturated heterocycles. The van der Waals surface area contributed by atoms with Gasteiger partial charge in [0, 0.05) is 13.1 Å². The molecule has 0 spiro atoms. The number of amides is 1. The molecule has 1 heterocycles. The normalized spacial score (nSPS) is 24.1. The Labute approximate surface area is 106 Å². The minimum absolute atomic E-state index is 0.00689. The minimum atomic E-state index is -0.434. The van der Waals surface area contributed by atoms with Crippen LogP contribution in [0.5, 0.6) is 0 Å². The number of halogens is 1. The van der Waals surface area contributed by atoms with Gasteiger partial charge in [-0.2, -0.15) is 0 Å². The van der Waals surface area contributed by atoms with Crippen molar-refractivity contribution in [1.82, 2.24) is 4.90 Å². The molecule has 1 aromatic rings. The smallest absolute Gasteiger partial charge is 0.227 e. The lowest BCUT2D eigenvalue weighted by Crippen LogP contribution is -2.46. The van der Waals surface area contributed by atoms with Crippen molar-refractivity contribution in [2.75, 3.05) is 13.1 Å². The summed E-state index contributed by atoms with van der Waals surface area (Å²) in [5.41, 5.74) is 0.800. The zero-order valence-electron chi connectivity index (χ0n) is 10.5. The highest BCUT2D eigenvalue weighted by molar-refractivity contribution is 5.78. The molecule has 0 bridgehead atoms. The molecule has 0 radical (unpaired) electrons. The summed E-state index contributed by atoms with van der Waals surface area (Å²) in [5.74, 6) is -0.0548. The topological polar surface area (TPSA) is 40.5 Å². The van der Waals surface area contributed by atoms with Gasteiger partial charge in [0.15, 0.2) is 0 Å². The van der Waals surface area contributed by atoms with E-state index < -0.39 is 6.10 Å². The zero-order valence-corrected chi connectivity index (χ0v) is 10.5. The maximum absolute atomic E-state index is 12.7. The number of nitrogens with zero attached hydrogens (tertiary/aromatic N) is 1. The zero-order chi connectivity index (χ0) is 13.1. The largest absolute Gasteiger partial charge is 0.391 e. The van der Waals surface area contributed by atoms with Crippen LogP contribution in [-0.4, -0.2) is 35.1 Å². The molecule has 1 aromatic carbocycles. The third-order valence-electron chi connectivity index (χ3n) is 3.54. The summed E-state index contributed by atoms with van der Waals surface area (Å²) in [6, 6.07) is 5.96. The van der Waals surface area contributed by atoms with Crippen LogP contribution in [0.4, 0.5) is 4.39 Å². The van der Waals surface area contributed by atoms with Crippen molar-refractivity contribution >= 4 is 5.91 Å². The predicted molar refractivity (Wildman–Crippen MR) is 66.5 cm³/mol. The SMILES string of the molecule is CC1CCN(C(=O)Cc2ccc(F)cc2)CC1O. The summed E-state index contributed by atoms with van der Waals surface area (Å²) in [6.45, 7) is 3.09. The maximum Gasteiger partial charge on any atom is 0.227 e. The van der Waals surface area contributed by atoms with Gasteiger partial charge in [-0.3, -0.25) is 4.79 Å². The standard InChI is InChI=1S/C14H18FNO2/c1-10-6-7-16(9-13(10)17)14(18)8-11-2-4-12(15)5-3-11/h2-5,10,13,17H,6-9H2,1H3. The number of β-amino-alcohol motifs (C(OH)–C–C–N with tert-alkyl or cyclic N) is 1. The van der Waals surface area contributed by atoms with Gasteiger partial charge in [-0.05, 0) is 30.0 Å². The van der Waals surface area contributed by atoms with Gasteiger partial charge in [0.2, 0.25) is 5.91 Å². The van der Waals surface area contributed by atoms with E-state index in [-0.39, 0.29) is 24.1 Å². The highest BCUT2D eigenvalue weighted by Crippen LogP contribution is 2.18. The molecule has 18 heavy (non-hydrogen) atoms. The molecule has 0 aromatic heterocycles. The summed E-state index contributed by atoms with van der Waals surface area (Å²) in [4.78, 5) is 13.7. The van der Waals surface area contributed by atoms with Gasteiger partial charge in [0.25, 0.3) is 0 Å². The number of benzene rings is 1. The Morgan fingerprint density at radius 2 is 2.11 bits per heavy atom. The first kappa shape index (κ1) is 13.0. The quantitative estimate of drug-likeness (QED) is 0.867. The number of carbonyl (C=O) groups is 1. The van der Waals surface area contributed by atoms with Crippen molar-refractivity contribution in [3.05, 3.63) is 35.6 Å². The molecule has 1 aliphatic rings. The van der Waals surface area contributed by atoms with E-state index in [9.17, 15) is 14.3 Å². The second-order valence-electron chi connectivity index (χ2n) is 4.98. The fourth-order valence-electron chi connectivity index (χ4n) is 2.16. The fraction of sp³-hybridized carbons (Fsp3) is 0.500. The predicted octanol–water partition coefficient (Wildman–Crippen LogP) is 1.60. The van der Waals surface area contributed by atoms with Crippen molar-refractivity contribution in [1.29, 1.82) is 0 Å². The summed E-state index contributed by atoms with van der Waals surface area (Å²) >= 11 is 0. The number of aliphatic hydroxyl groups is 1. The number of piperidine rings is 1. The number of likely N-dealkylation sites (tertiary alicyclic amines) is 1. The van der Waals surface area contributed by atoms with Gasteiger partial charge in [0.1, 0.15) is 5.82 Å². The summed E-state index contributed by atoms with van der Waals surface area (Å²) in [7, 11) is 0. The van der Waals surface area contributed by atoms with Gasteiger partial charge in [-0.15, -0.1) is 0 Å². The van der Waals surface area contributed by atoms with Crippen LogP contribution in [0.1, 0.15) is 18.9 Å². The van der Waals surface area contributed by atoms with E-state index in [0.717, 1.165) is 12.0 Å². The first-order valence-corrected chi connectivity index (χ1v) is 6.26. The second kappa shape index (κ2) is 5.48. The van der Waals surface area contributed by atoms with Crippen LogP contribution in [0, 0.1) is 11.7 Å². The summed E-state index contributed by atoms with van der Waals surface area (Å²) in [5, 5.41) is 9.76. The molecule has 4 heteroatoms. The lowest BCUT2D eigenvalue weighted by atomic mass is 9.95. The highest BCUT2D eigenvalue weighted by Gasteiger charge is 2.26. The molecule has 2 unspecified atom stereocenters. The summed E-state index contributed by atoms with van der Waals surface area (Å²) in [6.07, 6.45) is 0.661. The first-order chi connectivity index (χ1) is 8.56. The van der Waals surface area contributed by atoms with Crippen LogP contribution < -0.4 is 0 Å². The average Bonchev–Trinajstić information content (AvgIpc) is 2.35. The van der Waals surface area contributed by atoms with Crippen molar-refractivity contribution in [3.8, 4) is 0 Å². The lowest BCUT2D eigenvalue weighted by Gasteiger charge is -2.34. The van der Waals surface area contributed by atoms with E-state index in [4.69, 9.17) is 0 Å². The van der Waals surface area contributed by atoms with Crippen LogP contribution in [0.3, 0.4) is 0 Å². The first-order valence-electron chi connectivity index (χ1n) is 6.26. The van der Waals surface area contributed by atoms with Gasteiger partial charge >= 0.3 is 0 Å². The highest BCUT2D eigenvalue weighted by atomic mass is 19.1. The minimum Gasteiger partial charge on any atom is -0.391 e. The monoisotopic (exact) mass is 251 g/mol. The van der Waals surface area contributed by atoms with E-state index in [1.54, 1.807) is 17.0 Å². The molecular formula is C14H18FNO2. The molecule has 0 saturated carbocycles. The van der Waals surface area contributed by atoms with E-state index in [0.29, 0.717) is 13.1 Å². The molecule has 1 fully saturated rings. The molecule has 1 N–H and O–H groups in total. The van der Waals surface area contributed by atoms with Crippen LogP contribution in [0.25, 0.3) is 0 Å². The number of carbonyl (C=O) groups excluding carboxylic acids is 1. The van der Waals surface area contributed by atoms with E-state index >= 15 is 0 Å². The third kappa shape index (κ3) is 3.07. The van der Waals surface area contributed by atoms with Crippen molar-refractivity contribution < 1.29 is 14.3 Å². The van der Waals surface area contributed by atoms with E-state index in [1.807, 2.05) is 6.92 Å². The number of hydrogen-bond acceptors (Lipinski definition) is 2. The Balaban J connectivity index is 1.94. The number of hydrogen-bond donors (Lipinski definition) is 1. The molecular weight excluding hydrogens is 233 g/mol. The fourth-order valence-corrected chi connectivity index (χ4v) is 2.16. The molecule has 1 amide bonds. The Kier molecular flexibility index (Phi) is 3.97. The molecule has 1 aliphatic heterocycles. The molecule has 98 valence electrons. The lowest BCUT2D eigenvalue weighted by molar-refractivity contribution is -0.134. The molecule has 2 rings (SSSR count). The molecule has 0 aliphatic carbocycles. The van der Waals surface area contributed by atoms with E-state index in [1.165, 1.54) is 12.1 Å². The molecule has 3 nitrogen and oxygen atoms in total. The van der Waals surface area contributed by atoms with Crippen LogP contribution in [0.2, 0.25) is 0 Å². The summed E-state index contributed by atoms with van der Waals surface area (Å²) < 4.78 is 12.7. The Bertz CT molecular complexity index is 418. The second-order valence-corrected chi connectivity index (χ2v) is 4.98. The van der Waals surface area contributed by atoms with Gasteiger partial charge in [-0.25, -0.2) is 4.39 Å². The van der Waals surface area contributed by atoms with Crippen molar-refractivity contribution in [2.24, 2.45) is 5.92 Å². The maximum atomic E-state index is 12.7. The van der Waals surface area contributed by atoms with Gasteiger partial charge in [0.05, 0.1) is 12.5 Å². The van der Waals surface area contributed by atoms with Crippen molar-refractivity contribution in [2.45, 2.75) is 25.9 Å². The molecule has 2 atom stereocenters. The van der Waals surface area contributed by atoms with Crippen LogP contribution in [0.15, 0.2) is 24.3 Å². The Morgan fingerprint density at radius 1 is 1.44 bits per heavy atom.